The number of rotatable bonds is 0. The lowest BCUT2D eigenvalue weighted by molar-refractivity contribution is -0.0525. The van der Waals surface area contributed by atoms with Crippen LogP contribution in [0.1, 0.15) is 58.3 Å². The smallest absolute Gasteiger partial charge is 0.338 e. The first-order valence-corrected chi connectivity index (χ1v) is 9.24. The molecule has 2 amide bonds. The van der Waals surface area contributed by atoms with Crippen LogP contribution in [0, 0.1) is 29.1 Å². The molecule has 0 aromatic heterocycles. The third-order valence-electron chi connectivity index (χ3n) is 7.52. The fourth-order valence-electron chi connectivity index (χ4n) is 6.40. The summed E-state index contributed by atoms with van der Waals surface area (Å²) in [5, 5.41) is 10.5. The summed E-state index contributed by atoms with van der Waals surface area (Å²) in [6, 6.07) is -0.572. The van der Waals surface area contributed by atoms with Gasteiger partial charge in [-0.3, -0.25) is 0 Å². The van der Waals surface area contributed by atoms with Crippen LogP contribution in [0.3, 0.4) is 0 Å². The molecule has 126 valence electrons. The number of urea groups is 1. The Morgan fingerprint density at radius 1 is 1.22 bits per heavy atom. The molecule has 0 heterocycles. The number of nitrogens with two attached hydrogens (primary N) is 1. The molecule has 23 heavy (non-hydrogen) atoms. The predicted molar refractivity (Wildman–Crippen MR) is 90.1 cm³/mol. The van der Waals surface area contributed by atoms with E-state index < -0.39 is 6.03 Å². The zero-order valence-corrected chi connectivity index (χ0v) is 14.0. The summed E-state index contributed by atoms with van der Waals surface area (Å²) in [6.45, 7) is 2.33. The van der Waals surface area contributed by atoms with E-state index in [1.807, 2.05) is 0 Å². The monoisotopic (exact) mass is 316 g/mol. The number of hydrogen-bond donors (Lipinski definition) is 2. The molecule has 3 saturated carbocycles. The number of aliphatic hydroxyl groups excluding tert-OH is 1. The van der Waals surface area contributed by atoms with Gasteiger partial charge in [-0.05, 0) is 86.5 Å². The molecule has 3 N–H and O–H groups in total. The summed E-state index contributed by atoms with van der Waals surface area (Å²) in [5.74, 6) is 2.93. The van der Waals surface area contributed by atoms with E-state index in [0.717, 1.165) is 43.2 Å². The quantitative estimate of drug-likeness (QED) is 0.718. The maximum Gasteiger partial charge on any atom is 0.338 e. The van der Waals surface area contributed by atoms with Crippen LogP contribution in [0.5, 0.6) is 0 Å². The Morgan fingerprint density at radius 3 is 2.83 bits per heavy atom. The predicted octanol–water partition coefficient (Wildman–Crippen LogP) is 3.44. The summed E-state index contributed by atoms with van der Waals surface area (Å²) < 4.78 is 0. The standard InChI is InChI=1S/C19H28N2O2/c1-19-9-8-14-13-5-3-12(21-18(20)23)10-11(13)2-4-15(14)16(19)6-7-17(19)22/h10,13-17,22H,2-9H2,1H3,(H2,20,23)/b21-12-/t13-,14+,15+,16-,17-,19-/m0/s1. The summed E-state index contributed by atoms with van der Waals surface area (Å²) in [6.07, 6.45) is 11.1. The van der Waals surface area contributed by atoms with E-state index in [-0.39, 0.29) is 11.5 Å². The van der Waals surface area contributed by atoms with Crippen molar-refractivity contribution >= 4 is 11.7 Å². The summed E-state index contributed by atoms with van der Waals surface area (Å²) in [7, 11) is 0. The van der Waals surface area contributed by atoms with Crippen LogP contribution in [0.2, 0.25) is 0 Å². The van der Waals surface area contributed by atoms with Crippen molar-refractivity contribution in [3.05, 3.63) is 11.6 Å². The van der Waals surface area contributed by atoms with Crippen molar-refractivity contribution in [2.24, 2.45) is 39.8 Å². The van der Waals surface area contributed by atoms with E-state index >= 15 is 0 Å². The zero-order chi connectivity index (χ0) is 16.2. The molecule has 0 unspecified atom stereocenters. The first kappa shape index (κ1) is 15.4. The second-order valence-electron chi connectivity index (χ2n) is 8.42. The molecule has 0 aromatic carbocycles. The van der Waals surface area contributed by atoms with E-state index in [1.54, 1.807) is 0 Å². The second-order valence-corrected chi connectivity index (χ2v) is 8.42. The first-order valence-electron chi connectivity index (χ1n) is 9.24. The third kappa shape index (κ3) is 2.37. The number of aliphatic imine (C=N–C) groups is 1. The molecule has 3 fully saturated rings. The number of amides is 2. The third-order valence-corrected chi connectivity index (χ3v) is 7.52. The number of fused-ring (bicyclic) bond motifs is 5. The zero-order valence-electron chi connectivity index (χ0n) is 14.0. The normalized spacial score (nSPS) is 47.5. The van der Waals surface area contributed by atoms with Crippen LogP contribution in [-0.2, 0) is 0 Å². The number of nitrogens with zero attached hydrogens (tertiary/aromatic N) is 1. The van der Waals surface area contributed by atoms with Gasteiger partial charge < -0.3 is 10.8 Å². The van der Waals surface area contributed by atoms with Gasteiger partial charge in [0.15, 0.2) is 0 Å². The topological polar surface area (TPSA) is 75.7 Å². The molecule has 0 spiro atoms. The number of primary amides is 1. The van der Waals surface area contributed by atoms with Crippen LogP contribution in [0.15, 0.2) is 16.6 Å². The second kappa shape index (κ2) is 5.44. The van der Waals surface area contributed by atoms with Crippen molar-refractivity contribution in [3.8, 4) is 0 Å². The summed E-state index contributed by atoms with van der Waals surface area (Å²) in [4.78, 5) is 15.0. The maximum absolute atomic E-state index is 11.0. The van der Waals surface area contributed by atoms with E-state index in [2.05, 4.69) is 18.0 Å². The van der Waals surface area contributed by atoms with Crippen molar-refractivity contribution in [1.82, 2.24) is 0 Å². The Labute approximate surface area is 138 Å². The molecular weight excluding hydrogens is 288 g/mol. The van der Waals surface area contributed by atoms with Gasteiger partial charge in [-0.25, -0.2) is 4.79 Å². The van der Waals surface area contributed by atoms with Crippen LogP contribution in [0.4, 0.5) is 4.79 Å². The van der Waals surface area contributed by atoms with Crippen molar-refractivity contribution in [3.63, 3.8) is 0 Å². The van der Waals surface area contributed by atoms with Gasteiger partial charge in [-0.1, -0.05) is 12.5 Å². The highest BCUT2D eigenvalue weighted by Gasteiger charge is 2.55. The highest BCUT2D eigenvalue weighted by atomic mass is 16.3. The van der Waals surface area contributed by atoms with Crippen molar-refractivity contribution in [2.45, 2.75) is 64.4 Å². The lowest BCUT2D eigenvalue weighted by atomic mass is 9.52. The molecule has 4 aliphatic rings. The molecule has 0 aromatic rings. The average molecular weight is 316 g/mol. The largest absolute Gasteiger partial charge is 0.393 e. The van der Waals surface area contributed by atoms with Crippen LogP contribution < -0.4 is 5.73 Å². The molecule has 0 bridgehead atoms. The highest BCUT2D eigenvalue weighted by Crippen LogP contribution is 2.61. The number of aliphatic hydroxyl groups is 1. The fourth-order valence-corrected chi connectivity index (χ4v) is 6.40. The van der Waals surface area contributed by atoms with Gasteiger partial charge in [0, 0.05) is 5.71 Å². The average Bonchev–Trinajstić information content (AvgIpc) is 2.82. The molecule has 4 rings (SSSR count). The maximum atomic E-state index is 11.0. The number of hydrogen-bond acceptors (Lipinski definition) is 2. The molecule has 0 radical (unpaired) electrons. The Kier molecular flexibility index (Phi) is 3.63. The van der Waals surface area contributed by atoms with E-state index in [1.165, 1.54) is 31.3 Å². The minimum absolute atomic E-state index is 0.0916. The Balaban J connectivity index is 1.58. The van der Waals surface area contributed by atoms with E-state index in [0.29, 0.717) is 11.8 Å². The molecule has 4 aliphatic carbocycles. The van der Waals surface area contributed by atoms with Gasteiger partial charge in [0.25, 0.3) is 0 Å². The molecule has 4 nitrogen and oxygen atoms in total. The van der Waals surface area contributed by atoms with Crippen LogP contribution in [-0.4, -0.2) is 23.0 Å². The number of carbonyl (C=O) groups is 1. The SMILES string of the molecule is C[C@]12CC[C@H]3[C@@H](CCC4=C/C(=N\C(N)=O)CC[C@@H]43)[C@@H]1CC[C@@H]2O. The molecule has 0 aliphatic heterocycles. The van der Waals surface area contributed by atoms with Gasteiger partial charge in [-0.2, -0.15) is 4.99 Å². The minimum atomic E-state index is -0.572. The van der Waals surface area contributed by atoms with Gasteiger partial charge in [0.2, 0.25) is 0 Å². The van der Waals surface area contributed by atoms with E-state index in [9.17, 15) is 9.90 Å². The lowest BCUT2D eigenvalue weighted by Gasteiger charge is -2.53. The molecule has 6 atom stereocenters. The Hall–Kier alpha value is -1.16. The van der Waals surface area contributed by atoms with Crippen LogP contribution >= 0.6 is 0 Å². The number of carbonyl (C=O) groups excluding carboxylic acids is 1. The minimum Gasteiger partial charge on any atom is -0.393 e. The first-order chi connectivity index (χ1) is 11.0. The number of allylic oxidation sites excluding steroid dienone is 2. The van der Waals surface area contributed by atoms with Gasteiger partial charge in [0.1, 0.15) is 0 Å². The van der Waals surface area contributed by atoms with Gasteiger partial charge in [-0.15, -0.1) is 0 Å². The van der Waals surface area contributed by atoms with Gasteiger partial charge in [0.05, 0.1) is 6.10 Å². The highest BCUT2D eigenvalue weighted by molar-refractivity contribution is 6.02. The molecule has 0 saturated heterocycles. The van der Waals surface area contributed by atoms with Crippen molar-refractivity contribution in [1.29, 1.82) is 0 Å². The van der Waals surface area contributed by atoms with Crippen molar-refractivity contribution < 1.29 is 9.90 Å². The van der Waals surface area contributed by atoms with E-state index in [4.69, 9.17) is 5.73 Å². The van der Waals surface area contributed by atoms with Crippen LogP contribution in [0.25, 0.3) is 0 Å². The van der Waals surface area contributed by atoms with Crippen molar-refractivity contribution in [2.75, 3.05) is 0 Å². The lowest BCUT2D eigenvalue weighted by Crippen LogP contribution is -2.47. The van der Waals surface area contributed by atoms with Gasteiger partial charge >= 0.3 is 6.03 Å². The summed E-state index contributed by atoms with van der Waals surface area (Å²) in [5.41, 5.74) is 7.74. The Bertz CT molecular complexity index is 582. The fraction of sp³-hybridized carbons (Fsp3) is 0.789. The summed E-state index contributed by atoms with van der Waals surface area (Å²) >= 11 is 0. The molecule has 4 heteroatoms. The Morgan fingerprint density at radius 2 is 2.04 bits per heavy atom. The molecular formula is C19H28N2O2.